The van der Waals surface area contributed by atoms with Crippen LogP contribution in [0.25, 0.3) is 10.4 Å². The van der Waals surface area contributed by atoms with Gasteiger partial charge in [-0.15, -0.1) is 0 Å². The fourth-order valence-electron chi connectivity index (χ4n) is 1.21. The minimum Gasteiger partial charge on any atom is -0.325 e. The molecule has 0 bridgehead atoms. The maximum atomic E-state index is 11.8. The number of hydrogen-bond donors (Lipinski definition) is 1. The summed E-state index contributed by atoms with van der Waals surface area (Å²) in [6.07, 6.45) is 0. The highest BCUT2D eigenvalue weighted by atomic mass is 16.2. The van der Waals surface area contributed by atoms with Gasteiger partial charge in [0.05, 0.1) is 0 Å². The van der Waals surface area contributed by atoms with E-state index in [0.717, 1.165) is 11.3 Å². The molecule has 0 aliphatic carbocycles. The summed E-state index contributed by atoms with van der Waals surface area (Å²) in [5, 5.41) is 6.35. The molecule has 0 aliphatic heterocycles. The number of benzene rings is 1. The van der Waals surface area contributed by atoms with Crippen LogP contribution in [-0.2, 0) is 4.79 Å². The topological polar surface area (TPSA) is 77.9 Å². The highest BCUT2D eigenvalue weighted by molar-refractivity contribution is 5.95. The number of rotatable bonds is 2. The molecule has 0 saturated carbocycles. The van der Waals surface area contributed by atoms with Crippen molar-refractivity contribution in [1.29, 1.82) is 0 Å². The van der Waals surface area contributed by atoms with Gasteiger partial charge in [-0.3, -0.25) is 4.79 Å². The monoisotopic (exact) mass is 232 g/mol. The van der Waals surface area contributed by atoms with Crippen LogP contribution in [0.2, 0.25) is 0 Å². The zero-order valence-electron chi connectivity index (χ0n) is 10.5. The molecular weight excluding hydrogens is 216 g/mol. The molecule has 0 heterocycles. The number of carbonyl (C=O) groups is 1. The van der Waals surface area contributed by atoms with Crippen LogP contribution in [0, 0.1) is 12.3 Å². The van der Waals surface area contributed by atoms with Gasteiger partial charge in [-0.1, -0.05) is 32.0 Å². The average molecular weight is 232 g/mol. The van der Waals surface area contributed by atoms with Crippen LogP contribution in [-0.4, -0.2) is 5.91 Å². The van der Waals surface area contributed by atoms with E-state index in [-0.39, 0.29) is 5.91 Å². The third kappa shape index (κ3) is 3.50. The lowest BCUT2D eigenvalue weighted by atomic mass is 9.95. The van der Waals surface area contributed by atoms with Gasteiger partial charge < -0.3 is 5.32 Å². The number of nitrogens with one attached hydrogen (secondary N) is 1. The molecule has 5 heteroatoms. The number of anilines is 1. The van der Waals surface area contributed by atoms with Gasteiger partial charge in [-0.05, 0) is 30.2 Å². The summed E-state index contributed by atoms with van der Waals surface area (Å²) < 4.78 is 0. The van der Waals surface area contributed by atoms with Gasteiger partial charge in [-0.25, -0.2) is 0 Å². The van der Waals surface area contributed by atoms with Crippen molar-refractivity contribution in [3.8, 4) is 0 Å². The maximum absolute atomic E-state index is 11.8. The molecule has 0 unspecified atom stereocenters. The van der Waals surface area contributed by atoms with Crippen LogP contribution in [0.5, 0.6) is 0 Å². The van der Waals surface area contributed by atoms with Crippen molar-refractivity contribution < 1.29 is 4.79 Å². The molecular formula is C12H16N4O. The Hall–Kier alpha value is -2.00. The molecule has 0 fully saturated rings. The third-order valence-corrected chi connectivity index (χ3v) is 2.30. The first-order valence-electron chi connectivity index (χ1n) is 5.32. The summed E-state index contributed by atoms with van der Waals surface area (Å²) in [6, 6.07) is 5.14. The first-order chi connectivity index (χ1) is 7.84. The molecule has 90 valence electrons. The lowest BCUT2D eigenvalue weighted by Gasteiger charge is -2.18. The fourth-order valence-corrected chi connectivity index (χ4v) is 1.21. The van der Waals surface area contributed by atoms with Gasteiger partial charge in [0.25, 0.3) is 0 Å². The van der Waals surface area contributed by atoms with E-state index in [4.69, 9.17) is 5.53 Å². The van der Waals surface area contributed by atoms with Crippen LogP contribution in [0.1, 0.15) is 26.3 Å². The molecule has 1 aromatic carbocycles. The summed E-state index contributed by atoms with van der Waals surface area (Å²) >= 11 is 0. The van der Waals surface area contributed by atoms with Crippen molar-refractivity contribution in [2.24, 2.45) is 10.5 Å². The van der Waals surface area contributed by atoms with Crippen molar-refractivity contribution in [1.82, 2.24) is 0 Å². The van der Waals surface area contributed by atoms with E-state index in [1.54, 1.807) is 18.2 Å². The minimum atomic E-state index is -0.435. The summed E-state index contributed by atoms with van der Waals surface area (Å²) in [5.41, 5.74) is 10.0. The van der Waals surface area contributed by atoms with Gasteiger partial charge in [0.2, 0.25) is 5.91 Å². The quantitative estimate of drug-likeness (QED) is 0.468. The van der Waals surface area contributed by atoms with Crippen LogP contribution in [0.4, 0.5) is 11.4 Å². The van der Waals surface area contributed by atoms with E-state index in [9.17, 15) is 4.79 Å². The van der Waals surface area contributed by atoms with Crippen LogP contribution in [0.3, 0.4) is 0 Å². The average Bonchev–Trinajstić information content (AvgIpc) is 2.21. The summed E-state index contributed by atoms with van der Waals surface area (Å²) in [6.45, 7) is 7.42. The Morgan fingerprint density at radius 1 is 1.41 bits per heavy atom. The second kappa shape index (κ2) is 4.89. The Balaban J connectivity index is 2.94. The van der Waals surface area contributed by atoms with Crippen molar-refractivity contribution in [3.05, 3.63) is 34.2 Å². The van der Waals surface area contributed by atoms with Gasteiger partial charge in [0.1, 0.15) is 0 Å². The number of hydrogen-bond acceptors (Lipinski definition) is 2. The number of aryl methyl sites for hydroxylation is 1. The highest BCUT2D eigenvalue weighted by Gasteiger charge is 2.21. The predicted molar refractivity (Wildman–Crippen MR) is 68.1 cm³/mol. The molecule has 5 nitrogen and oxygen atoms in total. The first-order valence-corrected chi connectivity index (χ1v) is 5.32. The molecule has 0 saturated heterocycles. The van der Waals surface area contributed by atoms with E-state index in [0.29, 0.717) is 5.69 Å². The number of amides is 1. The molecule has 0 atom stereocenters. The van der Waals surface area contributed by atoms with Crippen LogP contribution in [0.15, 0.2) is 23.3 Å². The van der Waals surface area contributed by atoms with Crippen molar-refractivity contribution >= 4 is 17.3 Å². The SMILES string of the molecule is Cc1cc(N=[N+]=[N-])ccc1NC(=O)C(C)(C)C. The summed E-state index contributed by atoms with van der Waals surface area (Å²) in [7, 11) is 0. The Morgan fingerprint density at radius 3 is 2.53 bits per heavy atom. The van der Waals surface area contributed by atoms with E-state index in [1.165, 1.54) is 0 Å². The largest absolute Gasteiger partial charge is 0.325 e. The predicted octanol–water partition coefficient (Wildman–Crippen LogP) is 3.92. The Labute approximate surface area is 100 Å². The second-order valence-corrected chi connectivity index (χ2v) is 4.89. The smallest absolute Gasteiger partial charge is 0.229 e. The van der Waals surface area contributed by atoms with Crippen LogP contribution >= 0.6 is 0 Å². The fraction of sp³-hybridized carbons (Fsp3) is 0.417. The lowest BCUT2D eigenvalue weighted by Crippen LogP contribution is -2.27. The third-order valence-electron chi connectivity index (χ3n) is 2.30. The normalized spacial score (nSPS) is 10.6. The zero-order valence-corrected chi connectivity index (χ0v) is 10.5. The number of nitrogens with zero attached hydrogens (tertiary/aromatic N) is 3. The number of azide groups is 1. The highest BCUT2D eigenvalue weighted by Crippen LogP contribution is 2.24. The van der Waals surface area contributed by atoms with Gasteiger partial charge in [0, 0.05) is 21.7 Å². The molecule has 1 rings (SSSR count). The van der Waals surface area contributed by atoms with Gasteiger partial charge >= 0.3 is 0 Å². The van der Waals surface area contributed by atoms with E-state index < -0.39 is 5.41 Å². The van der Waals surface area contributed by atoms with E-state index in [2.05, 4.69) is 15.3 Å². The second-order valence-electron chi connectivity index (χ2n) is 4.89. The molecule has 0 radical (unpaired) electrons. The zero-order chi connectivity index (χ0) is 13.1. The summed E-state index contributed by atoms with van der Waals surface area (Å²) in [5.74, 6) is -0.0443. The lowest BCUT2D eigenvalue weighted by molar-refractivity contribution is -0.123. The summed E-state index contributed by atoms with van der Waals surface area (Å²) in [4.78, 5) is 14.5. The Morgan fingerprint density at radius 2 is 2.06 bits per heavy atom. The van der Waals surface area contributed by atoms with Gasteiger partial charge in [0.15, 0.2) is 0 Å². The van der Waals surface area contributed by atoms with Crippen molar-refractivity contribution in [2.75, 3.05) is 5.32 Å². The molecule has 1 amide bonds. The molecule has 1 N–H and O–H groups in total. The number of carbonyl (C=O) groups excluding carboxylic acids is 1. The van der Waals surface area contributed by atoms with Crippen molar-refractivity contribution in [2.45, 2.75) is 27.7 Å². The first kappa shape index (κ1) is 13.1. The molecule has 17 heavy (non-hydrogen) atoms. The molecule has 1 aromatic rings. The Kier molecular flexibility index (Phi) is 3.76. The van der Waals surface area contributed by atoms with Crippen LogP contribution < -0.4 is 5.32 Å². The van der Waals surface area contributed by atoms with Gasteiger partial charge in [-0.2, -0.15) is 0 Å². The minimum absolute atomic E-state index is 0.0443. The standard InChI is InChI=1S/C12H16N4O/c1-8-7-9(15-16-13)5-6-10(8)14-11(17)12(2,3)4/h5-7H,1-4H3,(H,14,17). The molecule has 0 aromatic heterocycles. The van der Waals surface area contributed by atoms with Crippen molar-refractivity contribution in [3.63, 3.8) is 0 Å². The van der Waals surface area contributed by atoms with E-state index >= 15 is 0 Å². The molecule has 0 aliphatic rings. The molecule has 0 spiro atoms. The Bertz CT molecular complexity index is 482. The maximum Gasteiger partial charge on any atom is 0.229 e. The van der Waals surface area contributed by atoms with E-state index in [1.807, 2.05) is 27.7 Å².